The van der Waals surface area contributed by atoms with Crippen LogP contribution in [0.5, 0.6) is 0 Å². The highest BCUT2D eigenvalue weighted by Crippen LogP contribution is 2.25. The second-order valence-corrected chi connectivity index (χ2v) is 7.25. The van der Waals surface area contributed by atoms with E-state index in [2.05, 4.69) is 24.3 Å². The summed E-state index contributed by atoms with van der Waals surface area (Å²) in [6.45, 7) is 6.37. The van der Waals surface area contributed by atoms with Crippen LogP contribution in [-0.4, -0.2) is 25.1 Å². The smallest absolute Gasteiger partial charge is 0.163 e. The normalized spacial score (nSPS) is 19.7. The first kappa shape index (κ1) is 19.4. The predicted octanol–water partition coefficient (Wildman–Crippen LogP) is 5.48. The summed E-state index contributed by atoms with van der Waals surface area (Å²) in [6.07, 6.45) is 10.5. The third-order valence-electron chi connectivity index (χ3n) is 4.49. The third-order valence-corrected chi connectivity index (χ3v) is 4.49. The van der Waals surface area contributed by atoms with Gasteiger partial charge < -0.3 is 14.2 Å². The van der Waals surface area contributed by atoms with Crippen molar-refractivity contribution in [2.45, 2.75) is 83.7 Å². The minimum Gasteiger partial charge on any atom is -0.377 e. The standard InChI is InChI=1S/C21H34O3/c1-21(2)23-18-20(24-21)15-11-6-4-3-5-7-12-16-22-17-19-13-9-8-10-14-19/h8-10,13-14,20H,3-7,11-12,15-18H2,1-2H3. The average molecular weight is 334 g/mol. The van der Waals surface area contributed by atoms with Crippen molar-refractivity contribution in [1.29, 1.82) is 0 Å². The van der Waals surface area contributed by atoms with Crippen LogP contribution in [-0.2, 0) is 20.8 Å². The second-order valence-electron chi connectivity index (χ2n) is 7.25. The van der Waals surface area contributed by atoms with Gasteiger partial charge in [-0.05, 0) is 32.3 Å². The lowest BCUT2D eigenvalue weighted by Gasteiger charge is -2.16. The lowest BCUT2D eigenvalue weighted by Crippen LogP contribution is -2.21. The molecule has 0 aromatic heterocycles. The number of rotatable bonds is 12. The lowest BCUT2D eigenvalue weighted by molar-refractivity contribution is -0.139. The molecule has 0 aliphatic carbocycles. The summed E-state index contributed by atoms with van der Waals surface area (Å²) < 4.78 is 17.1. The topological polar surface area (TPSA) is 27.7 Å². The van der Waals surface area contributed by atoms with E-state index < -0.39 is 0 Å². The summed E-state index contributed by atoms with van der Waals surface area (Å²) in [5, 5.41) is 0. The van der Waals surface area contributed by atoms with Gasteiger partial charge in [-0.3, -0.25) is 0 Å². The zero-order valence-electron chi connectivity index (χ0n) is 15.5. The van der Waals surface area contributed by atoms with Crippen LogP contribution < -0.4 is 0 Å². The van der Waals surface area contributed by atoms with Crippen molar-refractivity contribution in [1.82, 2.24) is 0 Å². The van der Waals surface area contributed by atoms with Crippen LogP contribution in [0.4, 0.5) is 0 Å². The van der Waals surface area contributed by atoms with E-state index >= 15 is 0 Å². The maximum Gasteiger partial charge on any atom is 0.163 e. The van der Waals surface area contributed by atoms with E-state index in [-0.39, 0.29) is 5.79 Å². The third kappa shape index (κ3) is 8.27. The fourth-order valence-electron chi connectivity index (χ4n) is 3.13. The molecule has 3 heteroatoms. The predicted molar refractivity (Wildman–Crippen MR) is 97.9 cm³/mol. The number of ether oxygens (including phenoxy) is 3. The molecule has 0 bridgehead atoms. The van der Waals surface area contributed by atoms with E-state index in [0.29, 0.717) is 6.10 Å². The summed E-state index contributed by atoms with van der Waals surface area (Å²) in [6, 6.07) is 10.4. The summed E-state index contributed by atoms with van der Waals surface area (Å²) in [7, 11) is 0. The Morgan fingerprint density at radius 1 is 0.958 bits per heavy atom. The number of benzene rings is 1. The van der Waals surface area contributed by atoms with Crippen LogP contribution in [0.2, 0.25) is 0 Å². The van der Waals surface area contributed by atoms with Crippen molar-refractivity contribution in [2.24, 2.45) is 0 Å². The van der Waals surface area contributed by atoms with Crippen molar-refractivity contribution in [2.75, 3.05) is 13.2 Å². The van der Waals surface area contributed by atoms with E-state index in [1.807, 2.05) is 19.9 Å². The maximum absolute atomic E-state index is 5.83. The summed E-state index contributed by atoms with van der Waals surface area (Å²) in [5.41, 5.74) is 1.26. The molecule has 1 heterocycles. The van der Waals surface area contributed by atoms with Gasteiger partial charge in [0.1, 0.15) is 0 Å². The van der Waals surface area contributed by atoms with E-state index in [9.17, 15) is 0 Å². The quantitative estimate of drug-likeness (QED) is 0.474. The Morgan fingerprint density at radius 2 is 1.62 bits per heavy atom. The molecule has 1 aromatic carbocycles. The first-order chi connectivity index (χ1) is 11.7. The van der Waals surface area contributed by atoms with Gasteiger partial charge in [0.25, 0.3) is 0 Å². The Labute approximate surface area is 147 Å². The Balaban J connectivity index is 1.32. The van der Waals surface area contributed by atoms with Gasteiger partial charge in [-0.1, -0.05) is 68.9 Å². The van der Waals surface area contributed by atoms with Crippen LogP contribution >= 0.6 is 0 Å². The molecule has 0 amide bonds. The van der Waals surface area contributed by atoms with Gasteiger partial charge in [-0.15, -0.1) is 0 Å². The van der Waals surface area contributed by atoms with Gasteiger partial charge in [0.05, 0.1) is 19.3 Å². The first-order valence-electron chi connectivity index (χ1n) is 9.59. The van der Waals surface area contributed by atoms with Gasteiger partial charge in [0.15, 0.2) is 5.79 Å². The largest absolute Gasteiger partial charge is 0.377 e. The molecule has 1 saturated heterocycles. The second kappa shape index (κ2) is 10.9. The van der Waals surface area contributed by atoms with Gasteiger partial charge >= 0.3 is 0 Å². The number of hydrogen-bond donors (Lipinski definition) is 0. The van der Waals surface area contributed by atoms with E-state index in [4.69, 9.17) is 14.2 Å². The fraction of sp³-hybridized carbons (Fsp3) is 0.714. The molecule has 0 spiro atoms. The SMILES string of the molecule is CC1(C)OCC(CCCCCCCCCOCc2ccccc2)O1. The summed E-state index contributed by atoms with van der Waals surface area (Å²) in [5.74, 6) is -0.368. The van der Waals surface area contributed by atoms with Crippen LogP contribution in [0.3, 0.4) is 0 Å². The Hall–Kier alpha value is -0.900. The van der Waals surface area contributed by atoms with Gasteiger partial charge in [-0.25, -0.2) is 0 Å². The molecule has 3 nitrogen and oxygen atoms in total. The molecule has 1 unspecified atom stereocenters. The minimum atomic E-state index is -0.368. The lowest BCUT2D eigenvalue weighted by atomic mass is 10.1. The first-order valence-corrected chi connectivity index (χ1v) is 9.59. The van der Waals surface area contributed by atoms with E-state index in [1.165, 1.54) is 50.5 Å². The Bertz CT molecular complexity index is 430. The average Bonchev–Trinajstić information content (AvgIpc) is 2.92. The number of hydrogen-bond acceptors (Lipinski definition) is 3. The van der Waals surface area contributed by atoms with Crippen LogP contribution in [0.15, 0.2) is 30.3 Å². The van der Waals surface area contributed by atoms with Gasteiger partial charge in [0.2, 0.25) is 0 Å². The summed E-state index contributed by atoms with van der Waals surface area (Å²) >= 11 is 0. The highest BCUT2D eigenvalue weighted by Gasteiger charge is 2.31. The van der Waals surface area contributed by atoms with Crippen molar-refractivity contribution in [3.05, 3.63) is 35.9 Å². The zero-order chi connectivity index (χ0) is 17.1. The van der Waals surface area contributed by atoms with Crippen LogP contribution in [0.1, 0.15) is 70.8 Å². The van der Waals surface area contributed by atoms with E-state index in [0.717, 1.165) is 26.2 Å². The zero-order valence-corrected chi connectivity index (χ0v) is 15.5. The molecule has 0 radical (unpaired) electrons. The number of unbranched alkanes of at least 4 members (excludes halogenated alkanes) is 6. The molecule has 2 rings (SSSR count). The fourth-order valence-corrected chi connectivity index (χ4v) is 3.13. The molecule has 1 aliphatic heterocycles. The van der Waals surface area contributed by atoms with Crippen LogP contribution in [0.25, 0.3) is 0 Å². The summed E-state index contributed by atoms with van der Waals surface area (Å²) in [4.78, 5) is 0. The van der Waals surface area contributed by atoms with Crippen molar-refractivity contribution < 1.29 is 14.2 Å². The Kier molecular flexibility index (Phi) is 8.79. The molecule has 0 N–H and O–H groups in total. The molecular weight excluding hydrogens is 300 g/mol. The van der Waals surface area contributed by atoms with Gasteiger partial charge in [-0.2, -0.15) is 0 Å². The molecule has 1 aliphatic rings. The van der Waals surface area contributed by atoms with Crippen LogP contribution in [0, 0.1) is 0 Å². The minimum absolute atomic E-state index is 0.307. The monoisotopic (exact) mass is 334 g/mol. The molecule has 24 heavy (non-hydrogen) atoms. The molecule has 1 fully saturated rings. The Morgan fingerprint density at radius 3 is 2.29 bits per heavy atom. The molecule has 136 valence electrons. The highest BCUT2D eigenvalue weighted by molar-refractivity contribution is 5.13. The molecular formula is C21H34O3. The molecule has 0 saturated carbocycles. The van der Waals surface area contributed by atoms with Gasteiger partial charge in [0, 0.05) is 6.61 Å². The van der Waals surface area contributed by atoms with Crippen molar-refractivity contribution >= 4 is 0 Å². The highest BCUT2D eigenvalue weighted by atomic mass is 16.7. The van der Waals surface area contributed by atoms with E-state index in [1.54, 1.807) is 0 Å². The molecule has 1 atom stereocenters. The van der Waals surface area contributed by atoms with Crippen molar-refractivity contribution in [3.63, 3.8) is 0 Å². The van der Waals surface area contributed by atoms with Crippen molar-refractivity contribution in [3.8, 4) is 0 Å². The molecule has 1 aromatic rings. The maximum atomic E-state index is 5.83.